The van der Waals surface area contributed by atoms with Gasteiger partial charge in [0.25, 0.3) is 0 Å². The summed E-state index contributed by atoms with van der Waals surface area (Å²) in [4.78, 5) is 11.5. The molecule has 106 valence electrons. The van der Waals surface area contributed by atoms with E-state index < -0.39 is 0 Å². The number of carbonyl (C=O) groups excluding carboxylic acids is 1. The summed E-state index contributed by atoms with van der Waals surface area (Å²) in [7, 11) is 1.62. The third-order valence-corrected chi connectivity index (χ3v) is 2.37. The molecule has 1 aromatic rings. The highest BCUT2D eigenvalue weighted by molar-refractivity contribution is 5.91. The van der Waals surface area contributed by atoms with E-state index in [1.54, 1.807) is 7.11 Å². The van der Waals surface area contributed by atoms with Crippen molar-refractivity contribution < 1.29 is 19.0 Å². The molecule has 19 heavy (non-hydrogen) atoms. The largest absolute Gasteiger partial charge is 0.382 e. The standard InChI is InChI=1S/C14H21NO4/c1-12-3-5-13(6-4-12)15-14(16)11-19-10-9-18-8-7-17-2/h3-6H,7-11H2,1-2H3,(H,15,16). The Morgan fingerprint density at radius 1 is 1.05 bits per heavy atom. The first-order valence-corrected chi connectivity index (χ1v) is 6.23. The van der Waals surface area contributed by atoms with Crippen LogP contribution in [0.15, 0.2) is 24.3 Å². The van der Waals surface area contributed by atoms with Gasteiger partial charge in [0, 0.05) is 12.8 Å². The number of nitrogens with one attached hydrogen (secondary N) is 1. The predicted molar refractivity (Wildman–Crippen MR) is 73.3 cm³/mol. The lowest BCUT2D eigenvalue weighted by Crippen LogP contribution is -2.20. The van der Waals surface area contributed by atoms with Crippen LogP contribution in [0, 0.1) is 6.92 Å². The molecular formula is C14H21NO4. The van der Waals surface area contributed by atoms with E-state index in [4.69, 9.17) is 14.2 Å². The van der Waals surface area contributed by atoms with E-state index >= 15 is 0 Å². The Labute approximate surface area is 113 Å². The van der Waals surface area contributed by atoms with Gasteiger partial charge in [-0.15, -0.1) is 0 Å². The molecule has 0 unspecified atom stereocenters. The first-order chi connectivity index (χ1) is 9.22. The lowest BCUT2D eigenvalue weighted by molar-refractivity contribution is -0.121. The summed E-state index contributed by atoms with van der Waals surface area (Å²) in [6, 6.07) is 7.61. The van der Waals surface area contributed by atoms with Gasteiger partial charge in [-0.3, -0.25) is 4.79 Å². The molecule has 0 aliphatic rings. The number of hydrogen-bond donors (Lipinski definition) is 1. The van der Waals surface area contributed by atoms with Gasteiger partial charge >= 0.3 is 0 Å². The van der Waals surface area contributed by atoms with E-state index in [2.05, 4.69) is 5.32 Å². The molecule has 0 radical (unpaired) electrons. The van der Waals surface area contributed by atoms with Crippen LogP contribution in [-0.4, -0.2) is 46.1 Å². The fourth-order valence-corrected chi connectivity index (χ4v) is 1.36. The molecule has 1 N–H and O–H groups in total. The van der Waals surface area contributed by atoms with Crippen molar-refractivity contribution in [3.63, 3.8) is 0 Å². The highest BCUT2D eigenvalue weighted by Gasteiger charge is 2.02. The Hall–Kier alpha value is -1.43. The molecule has 0 aliphatic carbocycles. The summed E-state index contributed by atoms with van der Waals surface area (Å²) in [5, 5.41) is 2.76. The van der Waals surface area contributed by atoms with Crippen LogP contribution in [-0.2, 0) is 19.0 Å². The van der Waals surface area contributed by atoms with Crippen LogP contribution in [0.2, 0.25) is 0 Å². The van der Waals surface area contributed by atoms with Crippen molar-refractivity contribution in [1.82, 2.24) is 0 Å². The Morgan fingerprint density at radius 2 is 1.68 bits per heavy atom. The van der Waals surface area contributed by atoms with Crippen molar-refractivity contribution in [3.05, 3.63) is 29.8 Å². The quantitative estimate of drug-likeness (QED) is 0.691. The van der Waals surface area contributed by atoms with Gasteiger partial charge in [0.2, 0.25) is 5.91 Å². The molecular weight excluding hydrogens is 246 g/mol. The van der Waals surface area contributed by atoms with Gasteiger partial charge in [0.15, 0.2) is 0 Å². The maximum atomic E-state index is 11.5. The molecule has 0 heterocycles. The Bertz CT molecular complexity index is 364. The minimum atomic E-state index is -0.166. The predicted octanol–water partition coefficient (Wildman–Crippen LogP) is 1.61. The van der Waals surface area contributed by atoms with Gasteiger partial charge in [0.05, 0.1) is 26.4 Å². The molecule has 0 saturated heterocycles. The highest BCUT2D eigenvalue weighted by atomic mass is 16.5. The number of rotatable bonds is 9. The van der Waals surface area contributed by atoms with E-state index in [9.17, 15) is 4.79 Å². The monoisotopic (exact) mass is 267 g/mol. The second-order valence-corrected chi connectivity index (χ2v) is 4.07. The van der Waals surface area contributed by atoms with Gasteiger partial charge in [-0.05, 0) is 19.1 Å². The number of benzene rings is 1. The molecule has 0 aromatic heterocycles. The average Bonchev–Trinajstić information content (AvgIpc) is 2.40. The number of carbonyl (C=O) groups is 1. The van der Waals surface area contributed by atoms with Crippen molar-refractivity contribution in [2.24, 2.45) is 0 Å². The van der Waals surface area contributed by atoms with Crippen molar-refractivity contribution >= 4 is 11.6 Å². The van der Waals surface area contributed by atoms with Gasteiger partial charge in [-0.1, -0.05) is 17.7 Å². The van der Waals surface area contributed by atoms with Crippen LogP contribution < -0.4 is 5.32 Å². The van der Waals surface area contributed by atoms with E-state index in [1.165, 1.54) is 0 Å². The number of aryl methyl sites for hydroxylation is 1. The highest BCUT2D eigenvalue weighted by Crippen LogP contribution is 2.08. The summed E-state index contributed by atoms with van der Waals surface area (Å²) in [5.74, 6) is -0.166. The van der Waals surface area contributed by atoms with E-state index in [0.717, 1.165) is 11.3 Å². The number of ether oxygens (including phenoxy) is 3. The minimum absolute atomic E-state index is 0.0293. The molecule has 5 nitrogen and oxygen atoms in total. The lowest BCUT2D eigenvalue weighted by Gasteiger charge is -2.07. The molecule has 0 saturated carbocycles. The molecule has 0 atom stereocenters. The SMILES string of the molecule is COCCOCCOCC(=O)Nc1ccc(C)cc1. The first kappa shape index (κ1) is 15.6. The third-order valence-electron chi connectivity index (χ3n) is 2.37. The fraction of sp³-hybridized carbons (Fsp3) is 0.500. The normalized spacial score (nSPS) is 10.4. The zero-order valence-corrected chi connectivity index (χ0v) is 11.5. The molecule has 1 amide bonds. The number of hydrogen-bond acceptors (Lipinski definition) is 4. The molecule has 1 rings (SSSR count). The van der Waals surface area contributed by atoms with Crippen LogP contribution in [0.3, 0.4) is 0 Å². The summed E-state index contributed by atoms with van der Waals surface area (Å²) in [6.45, 7) is 3.98. The summed E-state index contributed by atoms with van der Waals surface area (Å²) < 4.78 is 15.2. The Balaban J connectivity index is 2.06. The minimum Gasteiger partial charge on any atom is -0.382 e. The van der Waals surface area contributed by atoms with Gasteiger partial charge in [0.1, 0.15) is 6.61 Å². The molecule has 0 bridgehead atoms. The average molecular weight is 267 g/mol. The van der Waals surface area contributed by atoms with Crippen molar-refractivity contribution in [2.45, 2.75) is 6.92 Å². The van der Waals surface area contributed by atoms with Crippen LogP contribution in [0.4, 0.5) is 5.69 Å². The molecule has 0 aliphatic heterocycles. The van der Waals surface area contributed by atoms with E-state index in [1.807, 2.05) is 31.2 Å². The lowest BCUT2D eigenvalue weighted by atomic mass is 10.2. The molecule has 0 fully saturated rings. The topological polar surface area (TPSA) is 56.8 Å². The number of anilines is 1. The summed E-state index contributed by atoms with van der Waals surface area (Å²) in [5.41, 5.74) is 1.93. The molecule has 5 heteroatoms. The Kier molecular flexibility index (Phi) is 7.81. The van der Waals surface area contributed by atoms with Crippen molar-refractivity contribution in [2.75, 3.05) is 45.5 Å². The van der Waals surface area contributed by atoms with Gasteiger partial charge in [-0.2, -0.15) is 0 Å². The van der Waals surface area contributed by atoms with Crippen LogP contribution >= 0.6 is 0 Å². The second kappa shape index (κ2) is 9.49. The van der Waals surface area contributed by atoms with Crippen LogP contribution in [0.25, 0.3) is 0 Å². The number of methoxy groups -OCH3 is 1. The smallest absolute Gasteiger partial charge is 0.250 e. The fourth-order valence-electron chi connectivity index (χ4n) is 1.36. The van der Waals surface area contributed by atoms with Crippen LogP contribution in [0.1, 0.15) is 5.56 Å². The van der Waals surface area contributed by atoms with E-state index in [-0.39, 0.29) is 12.5 Å². The van der Waals surface area contributed by atoms with Crippen molar-refractivity contribution in [1.29, 1.82) is 0 Å². The molecule has 1 aromatic carbocycles. The van der Waals surface area contributed by atoms with Gasteiger partial charge < -0.3 is 19.5 Å². The Morgan fingerprint density at radius 3 is 2.37 bits per heavy atom. The van der Waals surface area contributed by atoms with Gasteiger partial charge in [-0.25, -0.2) is 0 Å². The maximum absolute atomic E-state index is 11.5. The summed E-state index contributed by atoms with van der Waals surface area (Å²) >= 11 is 0. The number of amides is 1. The third kappa shape index (κ3) is 7.56. The zero-order valence-electron chi connectivity index (χ0n) is 11.5. The second-order valence-electron chi connectivity index (χ2n) is 4.07. The maximum Gasteiger partial charge on any atom is 0.250 e. The molecule has 0 spiro atoms. The van der Waals surface area contributed by atoms with Crippen LogP contribution in [0.5, 0.6) is 0 Å². The zero-order chi connectivity index (χ0) is 13.9. The summed E-state index contributed by atoms with van der Waals surface area (Å²) in [6.07, 6.45) is 0. The van der Waals surface area contributed by atoms with E-state index in [0.29, 0.717) is 26.4 Å². The van der Waals surface area contributed by atoms with Crippen molar-refractivity contribution in [3.8, 4) is 0 Å². The first-order valence-electron chi connectivity index (χ1n) is 6.23.